The molecular weight excluding hydrogens is 241 g/mol. The first-order valence-corrected chi connectivity index (χ1v) is 5.67. The Balaban J connectivity index is 1.94. The number of rotatable bonds is 4. The Bertz CT molecular complexity index is 490. The predicted octanol–water partition coefficient (Wildman–Crippen LogP) is 2.50. The van der Waals surface area contributed by atoms with Gasteiger partial charge in [0.05, 0.1) is 5.69 Å². The number of nitrogens with one attached hydrogen (secondary N) is 1. The van der Waals surface area contributed by atoms with Crippen molar-refractivity contribution >= 4 is 11.6 Å². The summed E-state index contributed by atoms with van der Waals surface area (Å²) in [7, 11) is 1.86. The van der Waals surface area contributed by atoms with Crippen LogP contribution in [0.1, 0.15) is 11.3 Å². The van der Waals surface area contributed by atoms with Crippen LogP contribution in [0.2, 0.25) is 5.02 Å². The van der Waals surface area contributed by atoms with Gasteiger partial charge in [-0.2, -0.15) is 5.10 Å². The molecule has 0 unspecified atom stereocenters. The highest BCUT2D eigenvalue weighted by Gasteiger charge is 2.06. The molecule has 1 N–H and O–H groups in total. The lowest BCUT2D eigenvalue weighted by Gasteiger charge is -2.06. The summed E-state index contributed by atoms with van der Waals surface area (Å²) in [5.74, 6) is -0.286. The second-order valence-corrected chi connectivity index (χ2v) is 4.19. The number of benzene rings is 1. The average molecular weight is 254 g/mol. The molecule has 0 bridgehead atoms. The van der Waals surface area contributed by atoms with Gasteiger partial charge >= 0.3 is 0 Å². The van der Waals surface area contributed by atoms with E-state index in [-0.39, 0.29) is 5.82 Å². The van der Waals surface area contributed by atoms with Crippen LogP contribution in [0.5, 0.6) is 0 Å². The molecule has 17 heavy (non-hydrogen) atoms. The number of hydrogen-bond donors (Lipinski definition) is 1. The van der Waals surface area contributed by atoms with E-state index in [0.717, 1.165) is 5.69 Å². The van der Waals surface area contributed by atoms with Crippen LogP contribution < -0.4 is 5.32 Å². The highest BCUT2D eigenvalue weighted by Crippen LogP contribution is 2.18. The van der Waals surface area contributed by atoms with Gasteiger partial charge < -0.3 is 5.32 Å². The van der Waals surface area contributed by atoms with E-state index in [1.54, 1.807) is 16.8 Å². The Hall–Kier alpha value is -1.39. The monoisotopic (exact) mass is 253 g/mol. The quantitative estimate of drug-likeness (QED) is 0.907. The molecule has 0 amide bonds. The van der Waals surface area contributed by atoms with Gasteiger partial charge in [0.1, 0.15) is 5.82 Å². The van der Waals surface area contributed by atoms with E-state index in [2.05, 4.69) is 10.4 Å². The Kier molecular flexibility index (Phi) is 3.76. The van der Waals surface area contributed by atoms with Crippen molar-refractivity contribution in [2.75, 3.05) is 0 Å². The highest BCUT2D eigenvalue weighted by atomic mass is 35.5. The van der Waals surface area contributed by atoms with E-state index in [0.29, 0.717) is 23.7 Å². The highest BCUT2D eigenvalue weighted by molar-refractivity contribution is 6.31. The van der Waals surface area contributed by atoms with E-state index in [1.807, 2.05) is 19.3 Å². The molecular formula is C12H13ClFN3. The Morgan fingerprint density at radius 1 is 1.35 bits per heavy atom. The van der Waals surface area contributed by atoms with Crippen molar-refractivity contribution in [2.45, 2.75) is 13.1 Å². The molecule has 2 rings (SSSR count). The van der Waals surface area contributed by atoms with Gasteiger partial charge in [-0.05, 0) is 18.2 Å². The van der Waals surface area contributed by atoms with Crippen molar-refractivity contribution < 1.29 is 4.39 Å². The summed E-state index contributed by atoms with van der Waals surface area (Å²) < 4.78 is 15.2. The van der Waals surface area contributed by atoms with Crippen LogP contribution in [0.15, 0.2) is 30.5 Å². The van der Waals surface area contributed by atoms with Crippen molar-refractivity contribution in [1.82, 2.24) is 15.1 Å². The van der Waals surface area contributed by atoms with Gasteiger partial charge in [0.15, 0.2) is 0 Å². The third-order valence-corrected chi connectivity index (χ3v) is 2.79. The lowest BCUT2D eigenvalue weighted by molar-refractivity contribution is 0.583. The van der Waals surface area contributed by atoms with Crippen LogP contribution in [0.25, 0.3) is 0 Å². The fourth-order valence-corrected chi connectivity index (χ4v) is 1.80. The zero-order valence-electron chi connectivity index (χ0n) is 9.45. The van der Waals surface area contributed by atoms with Gasteiger partial charge in [0, 0.05) is 36.9 Å². The molecule has 0 spiro atoms. The molecule has 0 radical (unpaired) electrons. The van der Waals surface area contributed by atoms with Crippen LogP contribution in [0, 0.1) is 5.82 Å². The molecule has 1 aromatic carbocycles. The molecule has 2 aromatic rings. The molecule has 1 heterocycles. The maximum atomic E-state index is 13.4. The first-order valence-electron chi connectivity index (χ1n) is 5.29. The minimum atomic E-state index is -0.286. The number of aryl methyl sites for hydroxylation is 1. The molecule has 0 aliphatic heterocycles. The maximum Gasteiger partial charge on any atom is 0.129 e. The summed E-state index contributed by atoms with van der Waals surface area (Å²) in [5.41, 5.74) is 1.41. The number of halogens is 2. The van der Waals surface area contributed by atoms with Crippen molar-refractivity contribution in [3.05, 3.63) is 52.6 Å². The SMILES string of the molecule is Cn1ccc(CNCc2c(F)cccc2Cl)n1. The summed E-state index contributed by atoms with van der Waals surface area (Å²) in [6.07, 6.45) is 1.87. The predicted molar refractivity (Wildman–Crippen MR) is 65.2 cm³/mol. The molecule has 0 aliphatic rings. The van der Waals surface area contributed by atoms with Crippen LogP contribution in [-0.4, -0.2) is 9.78 Å². The summed E-state index contributed by atoms with van der Waals surface area (Å²) in [6, 6.07) is 6.60. The Morgan fingerprint density at radius 3 is 2.82 bits per heavy atom. The molecule has 3 nitrogen and oxygen atoms in total. The average Bonchev–Trinajstić information content (AvgIpc) is 2.69. The molecule has 0 saturated heterocycles. The first kappa shape index (κ1) is 12.1. The topological polar surface area (TPSA) is 29.9 Å². The summed E-state index contributed by atoms with van der Waals surface area (Å²) in [4.78, 5) is 0. The van der Waals surface area contributed by atoms with E-state index in [1.165, 1.54) is 6.07 Å². The van der Waals surface area contributed by atoms with Crippen molar-refractivity contribution in [3.63, 3.8) is 0 Å². The van der Waals surface area contributed by atoms with E-state index in [9.17, 15) is 4.39 Å². The van der Waals surface area contributed by atoms with Crippen molar-refractivity contribution in [2.24, 2.45) is 7.05 Å². The van der Waals surface area contributed by atoms with Gasteiger partial charge in [-0.1, -0.05) is 17.7 Å². The Labute approximate surface area is 104 Å². The minimum Gasteiger partial charge on any atom is -0.307 e. The lowest BCUT2D eigenvalue weighted by Crippen LogP contribution is -2.14. The largest absolute Gasteiger partial charge is 0.307 e. The van der Waals surface area contributed by atoms with E-state index < -0.39 is 0 Å². The molecule has 0 aliphatic carbocycles. The summed E-state index contributed by atoms with van der Waals surface area (Å²) >= 11 is 5.92. The molecule has 5 heteroatoms. The second-order valence-electron chi connectivity index (χ2n) is 3.78. The molecule has 0 atom stereocenters. The Morgan fingerprint density at radius 2 is 2.18 bits per heavy atom. The number of nitrogens with zero attached hydrogens (tertiary/aromatic N) is 2. The third kappa shape index (κ3) is 3.05. The van der Waals surface area contributed by atoms with Gasteiger partial charge in [-0.15, -0.1) is 0 Å². The molecule has 0 fully saturated rings. The molecule has 90 valence electrons. The second kappa shape index (κ2) is 5.29. The minimum absolute atomic E-state index is 0.286. The molecule has 0 saturated carbocycles. The van der Waals surface area contributed by atoms with Crippen molar-refractivity contribution in [3.8, 4) is 0 Å². The smallest absolute Gasteiger partial charge is 0.129 e. The third-order valence-electron chi connectivity index (χ3n) is 2.44. The zero-order chi connectivity index (χ0) is 12.3. The standard InChI is InChI=1S/C12H13ClFN3/c1-17-6-5-9(16-17)7-15-8-10-11(13)3-2-4-12(10)14/h2-6,15H,7-8H2,1H3. The fraction of sp³-hybridized carbons (Fsp3) is 0.250. The normalized spacial score (nSPS) is 10.8. The molecule has 1 aromatic heterocycles. The lowest BCUT2D eigenvalue weighted by atomic mass is 10.2. The van der Waals surface area contributed by atoms with Crippen LogP contribution in [0.3, 0.4) is 0 Å². The number of hydrogen-bond acceptors (Lipinski definition) is 2. The maximum absolute atomic E-state index is 13.4. The van der Waals surface area contributed by atoms with Crippen LogP contribution in [-0.2, 0) is 20.1 Å². The first-order chi connectivity index (χ1) is 8.16. The number of aromatic nitrogens is 2. The van der Waals surface area contributed by atoms with Gasteiger partial charge in [-0.25, -0.2) is 4.39 Å². The van der Waals surface area contributed by atoms with Gasteiger partial charge in [0.25, 0.3) is 0 Å². The fourth-order valence-electron chi connectivity index (χ4n) is 1.57. The van der Waals surface area contributed by atoms with Gasteiger partial charge in [-0.3, -0.25) is 4.68 Å². The van der Waals surface area contributed by atoms with E-state index in [4.69, 9.17) is 11.6 Å². The van der Waals surface area contributed by atoms with Crippen molar-refractivity contribution in [1.29, 1.82) is 0 Å². The summed E-state index contributed by atoms with van der Waals surface area (Å²) in [5, 5.41) is 7.77. The van der Waals surface area contributed by atoms with Crippen LogP contribution >= 0.6 is 11.6 Å². The zero-order valence-corrected chi connectivity index (χ0v) is 10.2. The van der Waals surface area contributed by atoms with Crippen LogP contribution in [0.4, 0.5) is 4.39 Å². The van der Waals surface area contributed by atoms with E-state index >= 15 is 0 Å². The van der Waals surface area contributed by atoms with Gasteiger partial charge in [0.2, 0.25) is 0 Å². The summed E-state index contributed by atoms with van der Waals surface area (Å²) in [6.45, 7) is 0.980.